The molecule has 0 aliphatic carbocycles. The fraction of sp³-hybridized carbons (Fsp3) is 0.0435. The van der Waals surface area contributed by atoms with E-state index < -0.39 is 0 Å². The molecule has 2 N–H and O–H groups in total. The van der Waals surface area contributed by atoms with Crippen LogP contribution in [0.15, 0.2) is 90.6 Å². The number of nitrogens with one attached hydrogen (secondary N) is 2. The molecule has 0 aliphatic heterocycles. The summed E-state index contributed by atoms with van der Waals surface area (Å²) in [6, 6.07) is 27.0. The minimum absolute atomic E-state index is 0.195. The Bertz CT molecular complexity index is 947. The Morgan fingerprint density at radius 2 is 1.30 bits per heavy atom. The lowest BCUT2D eigenvalue weighted by molar-refractivity contribution is -0.120. The van der Waals surface area contributed by atoms with Crippen LogP contribution in [-0.4, -0.2) is 11.8 Å². The first-order valence-electron chi connectivity index (χ1n) is 8.63. The van der Waals surface area contributed by atoms with Crippen molar-refractivity contribution in [2.45, 2.75) is 6.92 Å². The van der Waals surface area contributed by atoms with Crippen LogP contribution >= 0.6 is 0 Å². The van der Waals surface area contributed by atoms with Crippen LogP contribution in [0.4, 0.5) is 5.69 Å². The van der Waals surface area contributed by atoms with Gasteiger partial charge in [-0.05, 0) is 34.9 Å². The van der Waals surface area contributed by atoms with Crippen molar-refractivity contribution in [2.24, 2.45) is 0 Å². The van der Waals surface area contributed by atoms with Crippen molar-refractivity contribution in [1.29, 1.82) is 0 Å². The van der Waals surface area contributed by atoms with E-state index in [0.29, 0.717) is 5.69 Å². The van der Waals surface area contributed by atoms with Gasteiger partial charge in [-0.2, -0.15) is 0 Å². The van der Waals surface area contributed by atoms with Gasteiger partial charge in [-0.25, -0.2) is 0 Å². The number of carbonyl (C=O) groups excluding carboxylic acids is 2. The van der Waals surface area contributed by atoms with Gasteiger partial charge in [0.25, 0.3) is 5.91 Å². The predicted molar refractivity (Wildman–Crippen MR) is 109 cm³/mol. The van der Waals surface area contributed by atoms with Crippen molar-refractivity contribution < 1.29 is 9.59 Å². The average molecular weight is 356 g/mol. The van der Waals surface area contributed by atoms with E-state index in [0.717, 1.165) is 16.7 Å². The summed E-state index contributed by atoms with van der Waals surface area (Å²) < 4.78 is 0. The van der Waals surface area contributed by atoms with Crippen molar-refractivity contribution in [3.05, 3.63) is 96.2 Å². The molecule has 0 saturated heterocycles. The summed E-state index contributed by atoms with van der Waals surface area (Å²) in [5, 5.41) is 5.42. The van der Waals surface area contributed by atoms with E-state index in [4.69, 9.17) is 0 Å². The van der Waals surface area contributed by atoms with Crippen LogP contribution < -0.4 is 10.6 Å². The molecule has 0 atom stereocenters. The highest BCUT2D eigenvalue weighted by molar-refractivity contribution is 6.08. The molecule has 3 aromatic carbocycles. The van der Waals surface area contributed by atoms with E-state index >= 15 is 0 Å². The van der Waals surface area contributed by atoms with Crippen LogP contribution in [0.5, 0.6) is 0 Å². The summed E-state index contributed by atoms with van der Waals surface area (Å²) in [6.45, 7) is 1.38. The van der Waals surface area contributed by atoms with Crippen LogP contribution in [0.3, 0.4) is 0 Å². The first-order chi connectivity index (χ1) is 13.1. The van der Waals surface area contributed by atoms with Crippen LogP contribution in [0.1, 0.15) is 12.5 Å². The molecule has 0 radical (unpaired) electrons. The zero-order valence-electron chi connectivity index (χ0n) is 15.0. The standard InChI is InChI=1S/C23H20N2O2/c1-17(26)24-22(16-18-8-4-2-5-9-18)23(27)25-21-14-12-20(13-15-21)19-10-6-3-7-11-19/h2-16H,1H3,(H,24,26)(H,25,27)/b22-16-. The highest BCUT2D eigenvalue weighted by Crippen LogP contribution is 2.21. The molecule has 0 bridgehead atoms. The van der Waals surface area contributed by atoms with Crippen molar-refractivity contribution in [3.63, 3.8) is 0 Å². The number of hydrogen-bond acceptors (Lipinski definition) is 2. The SMILES string of the molecule is CC(=O)N/C(=C\c1ccccc1)C(=O)Nc1ccc(-c2ccccc2)cc1. The lowest BCUT2D eigenvalue weighted by Gasteiger charge is -2.10. The van der Waals surface area contributed by atoms with Gasteiger partial charge in [0, 0.05) is 12.6 Å². The molecule has 4 heteroatoms. The smallest absolute Gasteiger partial charge is 0.272 e. The lowest BCUT2D eigenvalue weighted by atomic mass is 10.1. The van der Waals surface area contributed by atoms with Crippen molar-refractivity contribution >= 4 is 23.6 Å². The second kappa shape index (κ2) is 8.63. The Kier molecular flexibility index (Phi) is 5.80. The maximum absolute atomic E-state index is 12.6. The monoisotopic (exact) mass is 356 g/mol. The van der Waals surface area contributed by atoms with Gasteiger partial charge in [-0.3, -0.25) is 9.59 Å². The molecule has 3 rings (SSSR count). The predicted octanol–water partition coefficient (Wildman–Crippen LogP) is 4.47. The molecule has 0 fully saturated rings. The van der Waals surface area contributed by atoms with E-state index in [2.05, 4.69) is 10.6 Å². The van der Waals surface area contributed by atoms with E-state index in [1.54, 1.807) is 6.08 Å². The second-order valence-electron chi connectivity index (χ2n) is 6.05. The zero-order chi connectivity index (χ0) is 19.1. The minimum atomic E-state index is -0.374. The number of benzene rings is 3. The summed E-state index contributed by atoms with van der Waals surface area (Å²) in [7, 11) is 0. The van der Waals surface area contributed by atoms with E-state index in [-0.39, 0.29) is 17.5 Å². The number of hydrogen-bond donors (Lipinski definition) is 2. The third-order valence-electron chi connectivity index (χ3n) is 3.92. The highest BCUT2D eigenvalue weighted by Gasteiger charge is 2.11. The van der Waals surface area contributed by atoms with E-state index in [1.165, 1.54) is 6.92 Å². The van der Waals surface area contributed by atoms with Crippen LogP contribution in [0.2, 0.25) is 0 Å². The highest BCUT2D eigenvalue weighted by atomic mass is 16.2. The molecule has 0 aromatic heterocycles. The molecule has 2 amide bonds. The van der Waals surface area contributed by atoms with Gasteiger partial charge in [0.15, 0.2) is 0 Å². The molecule has 0 heterocycles. The molecular weight excluding hydrogens is 336 g/mol. The molecule has 0 spiro atoms. The van der Waals surface area contributed by atoms with E-state index in [1.807, 2.05) is 84.9 Å². The maximum Gasteiger partial charge on any atom is 0.272 e. The first kappa shape index (κ1) is 18.1. The van der Waals surface area contributed by atoms with Gasteiger partial charge in [0.1, 0.15) is 5.70 Å². The molecule has 27 heavy (non-hydrogen) atoms. The van der Waals surface area contributed by atoms with Gasteiger partial charge in [0.2, 0.25) is 5.91 Å². The first-order valence-corrected chi connectivity index (χ1v) is 8.63. The summed E-state index contributed by atoms with van der Waals surface area (Å²) in [5.74, 6) is -0.673. The maximum atomic E-state index is 12.6. The largest absolute Gasteiger partial charge is 0.322 e. The van der Waals surface area contributed by atoms with Gasteiger partial charge in [-0.15, -0.1) is 0 Å². The van der Waals surface area contributed by atoms with Crippen LogP contribution in [0, 0.1) is 0 Å². The minimum Gasteiger partial charge on any atom is -0.322 e. The Morgan fingerprint density at radius 3 is 1.89 bits per heavy atom. The third-order valence-corrected chi connectivity index (χ3v) is 3.92. The van der Waals surface area contributed by atoms with Crippen molar-refractivity contribution in [3.8, 4) is 11.1 Å². The fourth-order valence-electron chi connectivity index (χ4n) is 2.64. The molecule has 4 nitrogen and oxygen atoms in total. The van der Waals surface area contributed by atoms with Gasteiger partial charge in [-0.1, -0.05) is 72.8 Å². The second-order valence-corrected chi connectivity index (χ2v) is 6.05. The third kappa shape index (κ3) is 5.16. The Morgan fingerprint density at radius 1 is 0.741 bits per heavy atom. The van der Waals surface area contributed by atoms with Gasteiger partial charge < -0.3 is 10.6 Å². The number of rotatable bonds is 5. The molecule has 0 saturated carbocycles. The Hall–Kier alpha value is -3.66. The Balaban J connectivity index is 1.77. The summed E-state index contributed by atoms with van der Waals surface area (Å²) in [4.78, 5) is 24.1. The van der Waals surface area contributed by atoms with Crippen molar-refractivity contribution in [1.82, 2.24) is 5.32 Å². The number of carbonyl (C=O) groups is 2. The van der Waals surface area contributed by atoms with Gasteiger partial charge in [0.05, 0.1) is 0 Å². The molecule has 134 valence electrons. The summed E-state index contributed by atoms with van der Waals surface area (Å²) >= 11 is 0. The number of amides is 2. The fourth-order valence-corrected chi connectivity index (χ4v) is 2.64. The quantitative estimate of drug-likeness (QED) is 0.663. The molecular formula is C23H20N2O2. The Labute approximate surface area is 158 Å². The molecule has 3 aromatic rings. The van der Waals surface area contributed by atoms with Crippen LogP contribution in [0.25, 0.3) is 17.2 Å². The zero-order valence-corrected chi connectivity index (χ0v) is 15.0. The molecule has 0 unspecified atom stereocenters. The number of anilines is 1. The summed E-state index contributed by atoms with van der Waals surface area (Å²) in [6.07, 6.45) is 1.65. The topological polar surface area (TPSA) is 58.2 Å². The molecule has 0 aliphatic rings. The summed E-state index contributed by atoms with van der Waals surface area (Å²) in [5.41, 5.74) is 3.86. The van der Waals surface area contributed by atoms with Crippen molar-refractivity contribution in [2.75, 3.05) is 5.32 Å². The lowest BCUT2D eigenvalue weighted by Crippen LogP contribution is -2.28. The van der Waals surface area contributed by atoms with Crippen LogP contribution in [-0.2, 0) is 9.59 Å². The average Bonchev–Trinajstić information content (AvgIpc) is 2.69. The van der Waals surface area contributed by atoms with E-state index in [9.17, 15) is 9.59 Å². The normalized spacial score (nSPS) is 10.9. The van der Waals surface area contributed by atoms with Gasteiger partial charge >= 0.3 is 0 Å².